The monoisotopic (exact) mass is 372 g/mol. The van der Waals surface area contributed by atoms with Gasteiger partial charge in [0.1, 0.15) is 5.01 Å². The Kier molecular flexibility index (Phi) is 6.33. The Morgan fingerprint density at radius 3 is 2.72 bits per heavy atom. The second-order valence-electron chi connectivity index (χ2n) is 5.59. The van der Waals surface area contributed by atoms with Gasteiger partial charge >= 0.3 is 0 Å². The lowest BCUT2D eigenvalue weighted by atomic mass is 10.2. The Balaban J connectivity index is 1.67. The quantitative estimate of drug-likeness (QED) is 0.598. The molecule has 0 fully saturated rings. The molecular formula is C19H20N2O2S2. The van der Waals surface area contributed by atoms with Crippen LogP contribution in [-0.4, -0.2) is 36.1 Å². The second kappa shape index (κ2) is 8.89. The number of hydrogen-bond acceptors (Lipinski definition) is 5. The van der Waals surface area contributed by atoms with Crippen molar-refractivity contribution < 1.29 is 9.53 Å². The molecule has 0 aliphatic heterocycles. The Hall–Kier alpha value is -2.02. The highest BCUT2D eigenvalue weighted by Gasteiger charge is 2.16. The van der Waals surface area contributed by atoms with Crippen molar-refractivity contribution in [3.05, 3.63) is 64.5 Å². The minimum absolute atomic E-state index is 0.0731. The molecule has 2 heterocycles. The number of amides is 1. The number of benzene rings is 1. The summed E-state index contributed by atoms with van der Waals surface area (Å²) in [7, 11) is 1.65. The number of carbonyl (C=O) groups excluding carboxylic acids is 1. The summed E-state index contributed by atoms with van der Waals surface area (Å²) in [5, 5.41) is 4.99. The maximum absolute atomic E-state index is 12.8. The molecule has 0 aliphatic rings. The summed E-state index contributed by atoms with van der Waals surface area (Å²) < 4.78 is 5.16. The van der Waals surface area contributed by atoms with Crippen molar-refractivity contribution in [2.45, 2.75) is 13.0 Å². The smallest absolute Gasteiger partial charge is 0.228 e. The van der Waals surface area contributed by atoms with E-state index < -0.39 is 0 Å². The van der Waals surface area contributed by atoms with Crippen LogP contribution in [-0.2, 0) is 22.5 Å². The Morgan fingerprint density at radius 1 is 1.16 bits per heavy atom. The molecule has 2 aromatic heterocycles. The zero-order valence-corrected chi connectivity index (χ0v) is 15.7. The van der Waals surface area contributed by atoms with Gasteiger partial charge in [-0.25, -0.2) is 4.98 Å². The van der Waals surface area contributed by atoms with Crippen LogP contribution in [0.25, 0.3) is 9.88 Å². The summed E-state index contributed by atoms with van der Waals surface area (Å²) in [6.45, 7) is 1.69. The van der Waals surface area contributed by atoms with Gasteiger partial charge in [0.05, 0.1) is 23.6 Å². The first kappa shape index (κ1) is 17.8. The van der Waals surface area contributed by atoms with Crippen molar-refractivity contribution in [2.24, 2.45) is 0 Å². The van der Waals surface area contributed by atoms with E-state index in [2.05, 4.69) is 11.1 Å². The van der Waals surface area contributed by atoms with Crippen molar-refractivity contribution in [3.8, 4) is 9.88 Å². The van der Waals surface area contributed by atoms with Crippen molar-refractivity contribution in [2.75, 3.05) is 20.3 Å². The molecule has 3 aromatic rings. The van der Waals surface area contributed by atoms with Gasteiger partial charge in [-0.15, -0.1) is 22.7 Å². The summed E-state index contributed by atoms with van der Waals surface area (Å²) in [5.41, 5.74) is 1.94. The maximum Gasteiger partial charge on any atom is 0.228 e. The average Bonchev–Trinajstić information content (AvgIpc) is 3.31. The van der Waals surface area contributed by atoms with Gasteiger partial charge in [0.15, 0.2) is 0 Å². The molecule has 6 heteroatoms. The summed E-state index contributed by atoms with van der Waals surface area (Å²) in [4.78, 5) is 20.3. The third-order valence-electron chi connectivity index (χ3n) is 3.75. The topological polar surface area (TPSA) is 42.4 Å². The summed E-state index contributed by atoms with van der Waals surface area (Å²) >= 11 is 3.25. The van der Waals surface area contributed by atoms with Crippen LogP contribution in [0.5, 0.6) is 0 Å². The van der Waals surface area contributed by atoms with Crippen molar-refractivity contribution >= 4 is 28.6 Å². The molecule has 0 N–H and O–H groups in total. The van der Waals surface area contributed by atoms with E-state index in [1.807, 2.05) is 52.1 Å². The number of nitrogens with zero attached hydrogens (tertiary/aromatic N) is 2. The largest absolute Gasteiger partial charge is 0.383 e. The molecule has 1 aromatic carbocycles. The molecule has 0 atom stereocenters. The van der Waals surface area contributed by atoms with Crippen molar-refractivity contribution in [1.82, 2.24) is 9.88 Å². The normalized spacial score (nSPS) is 10.8. The van der Waals surface area contributed by atoms with E-state index >= 15 is 0 Å². The fourth-order valence-electron chi connectivity index (χ4n) is 2.47. The fraction of sp³-hybridized carbons (Fsp3) is 0.263. The minimum atomic E-state index is 0.0731. The third-order valence-corrected chi connectivity index (χ3v) is 5.68. The zero-order valence-electron chi connectivity index (χ0n) is 14.1. The molecule has 0 radical (unpaired) electrons. The maximum atomic E-state index is 12.8. The third kappa shape index (κ3) is 4.98. The molecule has 0 saturated carbocycles. The standard InChI is InChI=1S/C19H20N2O2S2/c1-23-10-9-21(13-15-6-3-2-4-7-15)18(22)12-16-14-25-19(20-16)17-8-5-11-24-17/h2-8,11,14H,9-10,12-13H2,1H3. The highest BCUT2D eigenvalue weighted by atomic mass is 32.1. The van der Waals surface area contributed by atoms with Gasteiger partial charge in [-0.05, 0) is 17.0 Å². The Morgan fingerprint density at radius 2 is 2.00 bits per heavy atom. The van der Waals surface area contributed by atoms with Gasteiger partial charge in [0.2, 0.25) is 5.91 Å². The van der Waals surface area contributed by atoms with Crippen LogP contribution in [0.1, 0.15) is 11.3 Å². The number of aromatic nitrogens is 1. The van der Waals surface area contributed by atoms with Gasteiger partial charge in [-0.2, -0.15) is 0 Å². The number of carbonyl (C=O) groups is 1. The lowest BCUT2D eigenvalue weighted by Crippen LogP contribution is -2.34. The Bertz CT molecular complexity index is 785. The first-order chi connectivity index (χ1) is 12.3. The lowest BCUT2D eigenvalue weighted by Gasteiger charge is -2.22. The predicted molar refractivity (Wildman–Crippen MR) is 103 cm³/mol. The fourth-order valence-corrected chi connectivity index (χ4v) is 4.10. The summed E-state index contributed by atoms with van der Waals surface area (Å²) in [6.07, 6.45) is 0.318. The van der Waals surface area contributed by atoms with E-state index in [4.69, 9.17) is 4.74 Å². The van der Waals surface area contributed by atoms with Gasteiger partial charge in [0, 0.05) is 25.6 Å². The van der Waals surface area contributed by atoms with Gasteiger partial charge in [-0.1, -0.05) is 36.4 Å². The van der Waals surface area contributed by atoms with Crippen LogP contribution in [0.2, 0.25) is 0 Å². The van der Waals surface area contributed by atoms with Gasteiger partial charge < -0.3 is 9.64 Å². The number of thiazole rings is 1. The highest BCUT2D eigenvalue weighted by Crippen LogP contribution is 2.28. The molecule has 0 unspecified atom stereocenters. The molecule has 3 rings (SSSR count). The zero-order chi connectivity index (χ0) is 17.5. The first-order valence-electron chi connectivity index (χ1n) is 8.05. The van der Waals surface area contributed by atoms with Crippen LogP contribution < -0.4 is 0 Å². The van der Waals surface area contributed by atoms with E-state index in [0.717, 1.165) is 21.1 Å². The Labute approximate surface area is 155 Å². The number of rotatable bonds is 8. The molecule has 4 nitrogen and oxygen atoms in total. The highest BCUT2D eigenvalue weighted by molar-refractivity contribution is 7.20. The van der Waals surface area contributed by atoms with E-state index in [0.29, 0.717) is 26.1 Å². The lowest BCUT2D eigenvalue weighted by molar-refractivity contribution is -0.131. The number of methoxy groups -OCH3 is 1. The van der Waals surface area contributed by atoms with Crippen molar-refractivity contribution in [1.29, 1.82) is 0 Å². The van der Waals surface area contributed by atoms with Crippen LogP contribution >= 0.6 is 22.7 Å². The molecule has 0 aliphatic carbocycles. The van der Waals surface area contributed by atoms with E-state index in [9.17, 15) is 4.79 Å². The molecule has 130 valence electrons. The molecular weight excluding hydrogens is 352 g/mol. The molecule has 1 amide bonds. The average molecular weight is 373 g/mol. The molecule has 25 heavy (non-hydrogen) atoms. The van der Waals surface area contributed by atoms with Crippen LogP contribution in [0.15, 0.2) is 53.2 Å². The van der Waals surface area contributed by atoms with Gasteiger partial charge in [0.25, 0.3) is 0 Å². The number of ether oxygens (including phenoxy) is 1. The van der Waals surface area contributed by atoms with Crippen LogP contribution in [0, 0.1) is 0 Å². The van der Waals surface area contributed by atoms with E-state index in [-0.39, 0.29) is 5.91 Å². The molecule has 0 saturated heterocycles. The number of hydrogen-bond donors (Lipinski definition) is 0. The molecule has 0 spiro atoms. The summed E-state index contributed by atoms with van der Waals surface area (Å²) in [5.74, 6) is 0.0731. The van der Waals surface area contributed by atoms with E-state index in [1.54, 1.807) is 29.8 Å². The molecule has 0 bridgehead atoms. The minimum Gasteiger partial charge on any atom is -0.383 e. The van der Waals surface area contributed by atoms with E-state index in [1.165, 1.54) is 0 Å². The van der Waals surface area contributed by atoms with Crippen molar-refractivity contribution in [3.63, 3.8) is 0 Å². The first-order valence-corrected chi connectivity index (χ1v) is 9.81. The van der Waals surface area contributed by atoms with Crippen LogP contribution in [0.4, 0.5) is 0 Å². The SMILES string of the molecule is COCCN(Cc1ccccc1)C(=O)Cc1csc(-c2cccs2)n1. The summed E-state index contributed by atoms with van der Waals surface area (Å²) in [6, 6.07) is 14.1. The van der Waals surface area contributed by atoms with Crippen LogP contribution in [0.3, 0.4) is 0 Å². The number of thiophene rings is 1. The second-order valence-corrected chi connectivity index (χ2v) is 7.40. The van der Waals surface area contributed by atoms with Gasteiger partial charge in [-0.3, -0.25) is 4.79 Å². The predicted octanol–water partition coefficient (Wildman–Crippen LogP) is 4.09.